The molecule has 1 aliphatic rings. The van der Waals surface area contributed by atoms with Gasteiger partial charge in [0.2, 0.25) is 11.8 Å². The third-order valence-electron chi connectivity index (χ3n) is 4.93. The van der Waals surface area contributed by atoms with Crippen molar-refractivity contribution in [2.45, 2.75) is 52.3 Å². The maximum Gasteiger partial charge on any atom is 0.416 e. The van der Waals surface area contributed by atoms with Crippen LogP contribution in [0.25, 0.3) is 0 Å². The highest BCUT2D eigenvalue weighted by Gasteiger charge is 2.32. The van der Waals surface area contributed by atoms with Crippen LogP contribution in [0, 0.1) is 0 Å². The Kier molecular flexibility index (Phi) is 8.52. The van der Waals surface area contributed by atoms with E-state index in [0.717, 1.165) is 44.5 Å². The van der Waals surface area contributed by atoms with Gasteiger partial charge in [-0.05, 0) is 57.9 Å². The summed E-state index contributed by atoms with van der Waals surface area (Å²) in [5.74, 6) is -0.653. The number of halogens is 3. The molecule has 168 valence electrons. The summed E-state index contributed by atoms with van der Waals surface area (Å²) in [5, 5.41) is 5.41. The van der Waals surface area contributed by atoms with Gasteiger partial charge >= 0.3 is 6.18 Å². The van der Waals surface area contributed by atoms with Crippen molar-refractivity contribution in [3.8, 4) is 0 Å². The number of nitrogens with zero attached hydrogens (tertiary/aromatic N) is 2. The predicted octanol–water partition coefficient (Wildman–Crippen LogP) is 3.48. The first-order chi connectivity index (χ1) is 14.1. The summed E-state index contributed by atoms with van der Waals surface area (Å²) in [6.45, 7) is 7.41. The highest BCUT2D eigenvalue weighted by atomic mass is 19.4. The van der Waals surface area contributed by atoms with Crippen LogP contribution >= 0.6 is 0 Å². The Morgan fingerprint density at radius 2 is 1.73 bits per heavy atom. The van der Waals surface area contributed by atoms with Gasteiger partial charge in [0, 0.05) is 19.1 Å². The van der Waals surface area contributed by atoms with Crippen LogP contribution in [-0.4, -0.2) is 55.5 Å². The summed E-state index contributed by atoms with van der Waals surface area (Å²) in [7, 11) is 0. The minimum Gasteiger partial charge on any atom is -0.370 e. The number of hydrogen-bond donors (Lipinski definition) is 2. The van der Waals surface area contributed by atoms with E-state index in [4.69, 9.17) is 0 Å². The molecule has 0 radical (unpaired) electrons. The average molecular weight is 428 g/mol. The number of likely N-dealkylation sites (N-methyl/N-ethyl adjacent to an activating group) is 1. The van der Waals surface area contributed by atoms with E-state index >= 15 is 0 Å². The van der Waals surface area contributed by atoms with Gasteiger partial charge in [-0.2, -0.15) is 13.2 Å². The molecule has 0 spiro atoms. The van der Waals surface area contributed by atoms with Crippen LogP contribution in [0.4, 0.5) is 24.5 Å². The normalized spacial score (nSPS) is 14.9. The predicted molar refractivity (Wildman–Crippen MR) is 112 cm³/mol. The average Bonchev–Trinajstić information content (AvgIpc) is 2.66. The van der Waals surface area contributed by atoms with Gasteiger partial charge in [-0.1, -0.05) is 6.92 Å². The number of nitrogens with one attached hydrogen (secondary N) is 2. The molecule has 1 aromatic rings. The quantitative estimate of drug-likeness (QED) is 0.666. The van der Waals surface area contributed by atoms with Crippen molar-refractivity contribution in [1.29, 1.82) is 0 Å². The second-order valence-electron chi connectivity index (χ2n) is 7.85. The van der Waals surface area contributed by atoms with E-state index in [1.807, 2.05) is 25.7 Å². The third-order valence-corrected chi connectivity index (χ3v) is 4.93. The topological polar surface area (TPSA) is 64.7 Å². The summed E-state index contributed by atoms with van der Waals surface area (Å²) < 4.78 is 39.6. The number of rotatable bonds is 8. The molecule has 1 aromatic carbocycles. The zero-order chi connectivity index (χ0) is 22.3. The Morgan fingerprint density at radius 3 is 2.30 bits per heavy atom. The molecule has 0 saturated carbocycles. The molecule has 1 saturated heterocycles. The zero-order valence-corrected chi connectivity index (χ0v) is 17.8. The SMILES string of the molecule is CCN(CC(=O)Nc1cc(C(F)(F)F)ccc1N1CCCCC1)CC(=O)NC(C)C. The van der Waals surface area contributed by atoms with Crippen molar-refractivity contribution >= 4 is 23.2 Å². The number of hydrogen-bond acceptors (Lipinski definition) is 4. The van der Waals surface area contributed by atoms with Crippen LogP contribution in [0.1, 0.15) is 45.6 Å². The van der Waals surface area contributed by atoms with Crippen LogP contribution in [-0.2, 0) is 15.8 Å². The number of piperidine rings is 1. The first-order valence-corrected chi connectivity index (χ1v) is 10.4. The minimum absolute atomic E-state index is 0.0118. The maximum absolute atomic E-state index is 13.2. The van der Waals surface area contributed by atoms with Gasteiger partial charge in [-0.25, -0.2) is 0 Å². The maximum atomic E-state index is 13.2. The van der Waals surface area contributed by atoms with Crippen LogP contribution in [0.15, 0.2) is 18.2 Å². The third kappa shape index (κ3) is 7.19. The largest absolute Gasteiger partial charge is 0.416 e. The van der Waals surface area contributed by atoms with Crippen molar-refractivity contribution in [2.75, 3.05) is 42.9 Å². The van der Waals surface area contributed by atoms with Crippen molar-refractivity contribution in [2.24, 2.45) is 0 Å². The highest BCUT2D eigenvalue weighted by molar-refractivity contribution is 5.96. The van der Waals surface area contributed by atoms with Gasteiger partial charge in [0.25, 0.3) is 0 Å². The van der Waals surface area contributed by atoms with E-state index in [2.05, 4.69) is 10.6 Å². The molecule has 30 heavy (non-hydrogen) atoms. The van der Waals surface area contributed by atoms with Gasteiger partial charge in [-0.3, -0.25) is 14.5 Å². The fourth-order valence-corrected chi connectivity index (χ4v) is 3.47. The van der Waals surface area contributed by atoms with E-state index in [1.165, 1.54) is 6.07 Å². The van der Waals surface area contributed by atoms with Crippen molar-refractivity contribution in [1.82, 2.24) is 10.2 Å². The Bertz CT molecular complexity index is 731. The van der Waals surface area contributed by atoms with Gasteiger partial charge in [-0.15, -0.1) is 0 Å². The van der Waals surface area contributed by atoms with Gasteiger partial charge in [0.15, 0.2) is 0 Å². The lowest BCUT2D eigenvalue weighted by Crippen LogP contribution is -2.43. The highest BCUT2D eigenvalue weighted by Crippen LogP contribution is 2.36. The first kappa shape index (κ1) is 24.0. The molecule has 6 nitrogen and oxygen atoms in total. The van der Waals surface area contributed by atoms with E-state index in [0.29, 0.717) is 12.2 Å². The summed E-state index contributed by atoms with van der Waals surface area (Å²) in [6, 6.07) is 3.46. The summed E-state index contributed by atoms with van der Waals surface area (Å²) >= 11 is 0. The number of alkyl halides is 3. The lowest BCUT2D eigenvalue weighted by atomic mass is 10.1. The van der Waals surface area contributed by atoms with E-state index in [9.17, 15) is 22.8 Å². The monoisotopic (exact) mass is 428 g/mol. The molecular weight excluding hydrogens is 397 g/mol. The summed E-state index contributed by atoms with van der Waals surface area (Å²) in [4.78, 5) is 28.2. The van der Waals surface area contributed by atoms with Crippen molar-refractivity contribution in [3.63, 3.8) is 0 Å². The molecule has 0 bridgehead atoms. The number of amides is 2. The lowest BCUT2D eigenvalue weighted by molar-refractivity contribution is -0.137. The molecule has 1 heterocycles. The fourth-order valence-electron chi connectivity index (χ4n) is 3.47. The van der Waals surface area contributed by atoms with Crippen molar-refractivity contribution in [3.05, 3.63) is 23.8 Å². The number of carbonyl (C=O) groups is 2. The van der Waals surface area contributed by atoms with Crippen LogP contribution in [0.3, 0.4) is 0 Å². The second-order valence-corrected chi connectivity index (χ2v) is 7.85. The Morgan fingerprint density at radius 1 is 1.10 bits per heavy atom. The zero-order valence-electron chi connectivity index (χ0n) is 17.8. The van der Waals surface area contributed by atoms with Crippen LogP contribution in [0.2, 0.25) is 0 Å². The number of benzene rings is 1. The number of carbonyl (C=O) groups excluding carboxylic acids is 2. The second kappa shape index (κ2) is 10.7. The van der Waals surface area contributed by atoms with Crippen LogP contribution in [0.5, 0.6) is 0 Å². The molecule has 2 N–H and O–H groups in total. The summed E-state index contributed by atoms with van der Waals surface area (Å²) in [6.07, 6.45) is -1.49. The van der Waals surface area contributed by atoms with Gasteiger partial charge in [0.1, 0.15) is 0 Å². The van der Waals surface area contributed by atoms with E-state index in [1.54, 1.807) is 4.90 Å². The Balaban J connectivity index is 2.15. The standard InChI is InChI=1S/C21H31F3N4O2/c1-4-27(13-19(29)25-15(2)3)14-20(30)26-17-12-16(21(22,23)24)8-9-18(17)28-10-6-5-7-11-28/h8-9,12,15H,4-7,10-11,13-14H2,1-3H3,(H,25,29)(H,26,30). The molecule has 0 atom stereocenters. The fraction of sp³-hybridized carbons (Fsp3) is 0.619. The Hall–Kier alpha value is -2.29. The minimum atomic E-state index is -4.50. The first-order valence-electron chi connectivity index (χ1n) is 10.4. The molecule has 9 heteroatoms. The lowest BCUT2D eigenvalue weighted by Gasteiger charge is -2.31. The number of anilines is 2. The van der Waals surface area contributed by atoms with E-state index < -0.39 is 17.6 Å². The molecular formula is C21H31F3N4O2. The van der Waals surface area contributed by atoms with Crippen molar-refractivity contribution < 1.29 is 22.8 Å². The molecule has 2 rings (SSSR count). The molecule has 1 fully saturated rings. The summed E-state index contributed by atoms with van der Waals surface area (Å²) in [5.41, 5.74) is -0.0572. The van der Waals surface area contributed by atoms with Crippen LogP contribution < -0.4 is 15.5 Å². The molecule has 1 aliphatic heterocycles. The molecule has 0 aliphatic carbocycles. The van der Waals surface area contributed by atoms with Gasteiger partial charge < -0.3 is 15.5 Å². The van der Waals surface area contributed by atoms with E-state index in [-0.39, 0.29) is 30.7 Å². The smallest absolute Gasteiger partial charge is 0.370 e. The Labute approximate surface area is 175 Å². The van der Waals surface area contributed by atoms with Gasteiger partial charge in [0.05, 0.1) is 30.0 Å². The molecule has 0 aromatic heterocycles. The molecule has 2 amide bonds. The molecule has 0 unspecified atom stereocenters.